The zero-order valence-electron chi connectivity index (χ0n) is 7.42. The molecule has 1 aromatic rings. The van der Waals surface area contributed by atoms with Gasteiger partial charge in [-0.3, -0.25) is 0 Å². The third kappa shape index (κ3) is 2.23. The first kappa shape index (κ1) is 9.03. The molecule has 1 aromatic carbocycles. The number of epoxide rings is 1. The summed E-state index contributed by atoms with van der Waals surface area (Å²) in [5.74, 6) is 0.875. The van der Waals surface area contributed by atoms with Gasteiger partial charge in [0.25, 0.3) is 0 Å². The Hall–Kier alpha value is -0.540. The van der Waals surface area contributed by atoms with Crippen LogP contribution in [0, 0.1) is 0 Å². The van der Waals surface area contributed by atoms with Crippen LogP contribution in [0.2, 0.25) is 0 Å². The molecule has 1 unspecified atom stereocenters. The van der Waals surface area contributed by atoms with E-state index in [1.807, 2.05) is 6.07 Å². The summed E-state index contributed by atoms with van der Waals surface area (Å²) in [6, 6.07) is 6.13. The van der Waals surface area contributed by atoms with E-state index < -0.39 is 0 Å². The molecular formula is C10H11BrO2. The highest BCUT2D eigenvalue weighted by Crippen LogP contribution is 2.27. The summed E-state index contributed by atoms with van der Waals surface area (Å²) in [7, 11) is 1.67. The van der Waals surface area contributed by atoms with Crippen molar-refractivity contribution < 1.29 is 9.47 Å². The van der Waals surface area contributed by atoms with E-state index in [4.69, 9.17) is 9.47 Å². The molecule has 0 amide bonds. The van der Waals surface area contributed by atoms with Gasteiger partial charge >= 0.3 is 0 Å². The number of rotatable bonds is 3. The topological polar surface area (TPSA) is 21.8 Å². The SMILES string of the molecule is COc1ccc(CC2CO2)cc1Br. The Balaban J connectivity index is 2.13. The van der Waals surface area contributed by atoms with Gasteiger partial charge in [0, 0.05) is 6.42 Å². The van der Waals surface area contributed by atoms with Crippen LogP contribution < -0.4 is 4.74 Å². The van der Waals surface area contributed by atoms with E-state index >= 15 is 0 Å². The van der Waals surface area contributed by atoms with Crippen LogP contribution >= 0.6 is 15.9 Å². The molecule has 1 atom stereocenters. The van der Waals surface area contributed by atoms with Crippen LogP contribution in [0.4, 0.5) is 0 Å². The van der Waals surface area contributed by atoms with E-state index in [9.17, 15) is 0 Å². The van der Waals surface area contributed by atoms with E-state index in [0.29, 0.717) is 6.10 Å². The molecule has 3 heteroatoms. The molecule has 13 heavy (non-hydrogen) atoms. The Labute approximate surface area is 86.0 Å². The highest BCUT2D eigenvalue weighted by molar-refractivity contribution is 9.10. The Bertz CT molecular complexity index is 308. The lowest BCUT2D eigenvalue weighted by atomic mass is 10.1. The van der Waals surface area contributed by atoms with Crippen LogP contribution in [0.3, 0.4) is 0 Å². The average molecular weight is 243 g/mol. The number of methoxy groups -OCH3 is 1. The third-order valence-corrected chi connectivity index (χ3v) is 2.70. The molecule has 1 saturated heterocycles. The minimum Gasteiger partial charge on any atom is -0.496 e. The molecular weight excluding hydrogens is 232 g/mol. The van der Waals surface area contributed by atoms with Gasteiger partial charge in [0.1, 0.15) is 5.75 Å². The zero-order valence-corrected chi connectivity index (χ0v) is 9.00. The van der Waals surface area contributed by atoms with Gasteiger partial charge in [-0.25, -0.2) is 0 Å². The molecule has 0 radical (unpaired) electrons. The first-order valence-corrected chi connectivity index (χ1v) is 5.03. The minimum absolute atomic E-state index is 0.445. The maximum Gasteiger partial charge on any atom is 0.133 e. The lowest BCUT2D eigenvalue weighted by Crippen LogP contribution is -1.93. The average Bonchev–Trinajstić information content (AvgIpc) is 2.89. The Kier molecular flexibility index (Phi) is 2.56. The van der Waals surface area contributed by atoms with E-state index in [-0.39, 0.29) is 0 Å². The van der Waals surface area contributed by atoms with Crippen LogP contribution in [0.5, 0.6) is 5.75 Å². The first-order valence-electron chi connectivity index (χ1n) is 4.23. The molecule has 0 bridgehead atoms. The second-order valence-corrected chi connectivity index (χ2v) is 3.98. The smallest absolute Gasteiger partial charge is 0.133 e. The van der Waals surface area contributed by atoms with Crippen molar-refractivity contribution in [3.8, 4) is 5.75 Å². The molecule has 0 spiro atoms. The quantitative estimate of drug-likeness (QED) is 0.760. The normalized spacial score (nSPS) is 20.0. The summed E-state index contributed by atoms with van der Waals surface area (Å²) >= 11 is 3.45. The lowest BCUT2D eigenvalue weighted by molar-refractivity contribution is 0.405. The molecule has 1 heterocycles. The van der Waals surface area contributed by atoms with Gasteiger partial charge in [-0.2, -0.15) is 0 Å². The van der Waals surface area contributed by atoms with Crippen molar-refractivity contribution in [3.05, 3.63) is 28.2 Å². The van der Waals surface area contributed by atoms with Gasteiger partial charge in [0.05, 0.1) is 24.3 Å². The minimum atomic E-state index is 0.445. The van der Waals surface area contributed by atoms with Crippen LogP contribution in [0.15, 0.2) is 22.7 Å². The highest BCUT2D eigenvalue weighted by atomic mass is 79.9. The summed E-state index contributed by atoms with van der Waals surface area (Å²) in [6.07, 6.45) is 1.45. The van der Waals surface area contributed by atoms with Crippen molar-refractivity contribution in [2.75, 3.05) is 13.7 Å². The van der Waals surface area contributed by atoms with Crippen LogP contribution in [0.25, 0.3) is 0 Å². The number of halogens is 1. The van der Waals surface area contributed by atoms with Gasteiger partial charge in [-0.05, 0) is 33.6 Å². The predicted molar refractivity (Wildman–Crippen MR) is 54.1 cm³/mol. The van der Waals surface area contributed by atoms with Crippen LogP contribution in [0.1, 0.15) is 5.56 Å². The molecule has 70 valence electrons. The summed E-state index contributed by atoms with van der Waals surface area (Å²) < 4.78 is 11.3. The van der Waals surface area contributed by atoms with E-state index in [0.717, 1.165) is 23.2 Å². The zero-order chi connectivity index (χ0) is 9.26. The van der Waals surface area contributed by atoms with Gasteiger partial charge in [0.15, 0.2) is 0 Å². The van der Waals surface area contributed by atoms with Crippen molar-refractivity contribution in [3.63, 3.8) is 0 Å². The number of benzene rings is 1. The fourth-order valence-electron chi connectivity index (χ4n) is 1.29. The fraction of sp³-hybridized carbons (Fsp3) is 0.400. The second kappa shape index (κ2) is 3.68. The van der Waals surface area contributed by atoms with Crippen molar-refractivity contribution in [1.82, 2.24) is 0 Å². The monoisotopic (exact) mass is 242 g/mol. The summed E-state index contributed by atoms with van der Waals surface area (Å²) in [6.45, 7) is 0.906. The maximum atomic E-state index is 5.16. The Morgan fingerprint density at radius 2 is 2.38 bits per heavy atom. The first-order chi connectivity index (χ1) is 6.29. The number of ether oxygens (including phenoxy) is 2. The Morgan fingerprint density at radius 3 is 2.92 bits per heavy atom. The fourth-order valence-corrected chi connectivity index (χ4v) is 1.87. The van der Waals surface area contributed by atoms with Gasteiger partial charge < -0.3 is 9.47 Å². The summed E-state index contributed by atoms with van der Waals surface area (Å²) in [4.78, 5) is 0. The highest BCUT2D eigenvalue weighted by Gasteiger charge is 2.22. The standard InChI is InChI=1S/C10H11BrO2/c1-12-10-3-2-7(5-9(10)11)4-8-6-13-8/h2-3,5,8H,4,6H2,1H3. The van der Waals surface area contributed by atoms with Crippen molar-refractivity contribution in [2.24, 2.45) is 0 Å². The maximum absolute atomic E-state index is 5.16. The molecule has 0 N–H and O–H groups in total. The molecule has 0 saturated carbocycles. The summed E-state index contributed by atoms with van der Waals surface area (Å²) in [5.41, 5.74) is 1.29. The molecule has 2 rings (SSSR count). The van der Waals surface area contributed by atoms with Crippen molar-refractivity contribution in [1.29, 1.82) is 0 Å². The molecule has 1 fully saturated rings. The van der Waals surface area contributed by atoms with Gasteiger partial charge in [-0.1, -0.05) is 6.07 Å². The molecule has 0 aliphatic carbocycles. The lowest BCUT2D eigenvalue weighted by Gasteiger charge is -2.04. The number of hydrogen-bond donors (Lipinski definition) is 0. The largest absolute Gasteiger partial charge is 0.496 e. The van der Waals surface area contributed by atoms with Gasteiger partial charge in [0.2, 0.25) is 0 Å². The molecule has 0 aromatic heterocycles. The molecule has 1 aliphatic heterocycles. The van der Waals surface area contributed by atoms with E-state index in [1.54, 1.807) is 7.11 Å². The summed E-state index contributed by atoms with van der Waals surface area (Å²) in [5, 5.41) is 0. The predicted octanol–water partition coefficient (Wildman–Crippen LogP) is 2.40. The van der Waals surface area contributed by atoms with Crippen LogP contribution in [-0.4, -0.2) is 19.8 Å². The van der Waals surface area contributed by atoms with Crippen LogP contribution in [-0.2, 0) is 11.2 Å². The van der Waals surface area contributed by atoms with E-state index in [2.05, 4.69) is 28.1 Å². The third-order valence-electron chi connectivity index (χ3n) is 2.08. The van der Waals surface area contributed by atoms with Gasteiger partial charge in [-0.15, -0.1) is 0 Å². The number of hydrogen-bond acceptors (Lipinski definition) is 2. The molecule has 2 nitrogen and oxygen atoms in total. The van der Waals surface area contributed by atoms with E-state index in [1.165, 1.54) is 5.56 Å². The second-order valence-electron chi connectivity index (χ2n) is 3.13. The Morgan fingerprint density at radius 1 is 1.62 bits per heavy atom. The van der Waals surface area contributed by atoms with Crippen molar-refractivity contribution in [2.45, 2.75) is 12.5 Å². The molecule has 1 aliphatic rings. The van der Waals surface area contributed by atoms with Crippen molar-refractivity contribution >= 4 is 15.9 Å².